The number of aromatic nitrogens is 4. The second kappa shape index (κ2) is 8.95. The molecule has 3 aromatic rings. The molecule has 1 aliphatic heterocycles. The minimum absolute atomic E-state index is 0.117. The Kier molecular flexibility index (Phi) is 5.95. The standard InChI is InChI=1S/C20H22N6O2S/c1-28-17-6-4-5-16(13-17)26-15-22-23-20(26)29-14-19(27)25-11-9-24(10-12-25)18-7-2-3-8-21-18/h2-8,13,15H,9-12,14H2,1H3/p+1. The lowest BCUT2D eigenvalue weighted by atomic mass is 10.3. The number of methoxy groups -OCH3 is 1. The number of thioether (sulfide) groups is 1. The molecule has 2 aromatic heterocycles. The van der Waals surface area contributed by atoms with Gasteiger partial charge in [0.2, 0.25) is 5.91 Å². The van der Waals surface area contributed by atoms with E-state index in [0.29, 0.717) is 24.0 Å². The lowest BCUT2D eigenvalue weighted by Gasteiger charge is -2.30. The highest BCUT2D eigenvalue weighted by atomic mass is 32.2. The average molecular weight is 412 g/mol. The molecule has 1 aromatic carbocycles. The number of amides is 1. The highest BCUT2D eigenvalue weighted by Crippen LogP contribution is 2.23. The zero-order chi connectivity index (χ0) is 20.1. The second-order valence-corrected chi connectivity index (χ2v) is 7.53. The van der Waals surface area contributed by atoms with Crippen LogP contribution in [0.3, 0.4) is 0 Å². The van der Waals surface area contributed by atoms with Crippen LogP contribution in [0.15, 0.2) is 60.1 Å². The Morgan fingerprint density at radius 3 is 2.79 bits per heavy atom. The molecular formula is C20H23N6O2S+. The molecule has 0 saturated carbocycles. The monoisotopic (exact) mass is 411 g/mol. The Bertz CT molecular complexity index is 956. The highest BCUT2D eigenvalue weighted by molar-refractivity contribution is 7.99. The molecule has 1 N–H and O–H groups in total. The van der Waals surface area contributed by atoms with Gasteiger partial charge < -0.3 is 9.64 Å². The molecule has 0 radical (unpaired) electrons. The third kappa shape index (κ3) is 4.51. The SMILES string of the molecule is COc1cccc(-n2cnnc2SCC(=O)N2CCN(c3cccc[nH+]3)CC2)c1. The molecule has 1 saturated heterocycles. The molecule has 1 amide bonds. The van der Waals surface area contributed by atoms with Crippen molar-refractivity contribution in [3.05, 3.63) is 55.0 Å². The van der Waals surface area contributed by atoms with Crippen LogP contribution in [-0.4, -0.2) is 64.6 Å². The van der Waals surface area contributed by atoms with Gasteiger partial charge in [-0.2, -0.15) is 0 Å². The maximum atomic E-state index is 12.7. The summed E-state index contributed by atoms with van der Waals surface area (Å²) in [7, 11) is 1.63. The van der Waals surface area contributed by atoms with E-state index < -0.39 is 0 Å². The number of carbonyl (C=O) groups is 1. The predicted molar refractivity (Wildman–Crippen MR) is 110 cm³/mol. The van der Waals surface area contributed by atoms with E-state index in [1.54, 1.807) is 13.4 Å². The summed E-state index contributed by atoms with van der Waals surface area (Å²) < 4.78 is 7.15. The van der Waals surface area contributed by atoms with Gasteiger partial charge in [-0.3, -0.25) is 14.3 Å². The van der Waals surface area contributed by atoms with Crippen molar-refractivity contribution < 1.29 is 14.5 Å². The summed E-state index contributed by atoms with van der Waals surface area (Å²) in [6.45, 7) is 3.06. The van der Waals surface area contributed by atoms with E-state index in [0.717, 1.165) is 30.3 Å². The van der Waals surface area contributed by atoms with E-state index >= 15 is 0 Å². The molecule has 0 atom stereocenters. The first-order valence-corrected chi connectivity index (χ1v) is 10.4. The number of pyridine rings is 1. The Labute approximate surface area is 173 Å². The van der Waals surface area contributed by atoms with Crippen molar-refractivity contribution >= 4 is 23.5 Å². The van der Waals surface area contributed by atoms with Crippen molar-refractivity contribution in [3.8, 4) is 11.4 Å². The van der Waals surface area contributed by atoms with Gasteiger partial charge in [0.05, 0.1) is 37.8 Å². The molecule has 0 spiro atoms. The third-order valence-electron chi connectivity index (χ3n) is 4.84. The van der Waals surface area contributed by atoms with Crippen LogP contribution in [-0.2, 0) is 4.79 Å². The van der Waals surface area contributed by atoms with E-state index in [2.05, 4.69) is 26.1 Å². The molecule has 0 aliphatic carbocycles. The third-order valence-corrected chi connectivity index (χ3v) is 5.77. The maximum Gasteiger partial charge on any atom is 0.274 e. The van der Waals surface area contributed by atoms with Crippen LogP contribution in [0.4, 0.5) is 5.82 Å². The van der Waals surface area contributed by atoms with Crippen LogP contribution < -0.4 is 14.6 Å². The van der Waals surface area contributed by atoms with Crippen LogP contribution in [0.5, 0.6) is 5.75 Å². The van der Waals surface area contributed by atoms with Gasteiger partial charge >= 0.3 is 0 Å². The molecule has 0 unspecified atom stereocenters. The minimum atomic E-state index is 0.117. The van der Waals surface area contributed by atoms with E-state index in [9.17, 15) is 4.79 Å². The zero-order valence-electron chi connectivity index (χ0n) is 16.2. The van der Waals surface area contributed by atoms with Gasteiger partial charge in [0.25, 0.3) is 5.82 Å². The zero-order valence-corrected chi connectivity index (χ0v) is 17.0. The van der Waals surface area contributed by atoms with Crippen molar-refractivity contribution in [2.24, 2.45) is 0 Å². The van der Waals surface area contributed by atoms with E-state index in [-0.39, 0.29) is 5.91 Å². The molecule has 1 aliphatic rings. The first kappa shape index (κ1) is 19.3. The number of anilines is 1. The van der Waals surface area contributed by atoms with Gasteiger partial charge in [-0.1, -0.05) is 23.9 Å². The van der Waals surface area contributed by atoms with Gasteiger partial charge in [0.1, 0.15) is 25.2 Å². The number of carbonyl (C=O) groups excluding carboxylic acids is 1. The van der Waals surface area contributed by atoms with Crippen molar-refractivity contribution in [2.75, 3.05) is 43.9 Å². The number of hydrogen-bond donors (Lipinski definition) is 0. The summed E-state index contributed by atoms with van der Waals surface area (Å²) >= 11 is 1.40. The minimum Gasteiger partial charge on any atom is -0.497 e. The van der Waals surface area contributed by atoms with Crippen LogP contribution in [0.25, 0.3) is 5.69 Å². The van der Waals surface area contributed by atoms with Crippen molar-refractivity contribution in [1.82, 2.24) is 19.7 Å². The van der Waals surface area contributed by atoms with Crippen molar-refractivity contribution in [3.63, 3.8) is 0 Å². The molecule has 8 nitrogen and oxygen atoms in total. The Balaban J connectivity index is 1.33. The van der Waals surface area contributed by atoms with Crippen LogP contribution in [0, 0.1) is 0 Å². The number of hydrogen-bond acceptors (Lipinski definition) is 6. The normalized spacial score (nSPS) is 14.1. The van der Waals surface area contributed by atoms with Crippen molar-refractivity contribution in [2.45, 2.75) is 5.16 Å². The van der Waals surface area contributed by atoms with E-state index in [1.807, 2.05) is 52.1 Å². The number of piperazine rings is 1. The fourth-order valence-electron chi connectivity index (χ4n) is 3.26. The molecule has 4 rings (SSSR count). The predicted octanol–water partition coefficient (Wildman–Crippen LogP) is 1.53. The summed E-state index contributed by atoms with van der Waals surface area (Å²) in [6.07, 6.45) is 3.57. The molecule has 29 heavy (non-hydrogen) atoms. The number of nitrogens with one attached hydrogen (secondary N) is 1. The van der Waals surface area contributed by atoms with Crippen LogP contribution in [0.2, 0.25) is 0 Å². The van der Waals surface area contributed by atoms with Crippen LogP contribution >= 0.6 is 11.8 Å². The first-order valence-electron chi connectivity index (χ1n) is 9.41. The number of aromatic amines is 1. The number of ether oxygens (including phenoxy) is 1. The fourth-order valence-corrected chi connectivity index (χ4v) is 4.09. The topological polar surface area (TPSA) is 77.6 Å². The Morgan fingerprint density at radius 2 is 2.03 bits per heavy atom. The Hall–Kier alpha value is -3.07. The first-order chi connectivity index (χ1) is 14.2. The number of rotatable bonds is 6. The summed E-state index contributed by atoms with van der Waals surface area (Å²) in [5.74, 6) is 2.30. The molecule has 0 bridgehead atoms. The van der Waals surface area contributed by atoms with Gasteiger partial charge in [-0.05, 0) is 18.2 Å². The summed E-state index contributed by atoms with van der Waals surface area (Å²) in [4.78, 5) is 20.1. The Morgan fingerprint density at radius 1 is 1.17 bits per heavy atom. The van der Waals surface area contributed by atoms with Gasteiger partial charge in [0, 0.05) is 12.1 Å². The van der Waals surface area contributed by atoms with Gasteiger partial charge in [-0.25, -0.2) is 4.98 Å². The fraction of sp³-hybridized carbons (Fsp3) is 0.300. The molecule has 1 fully saturated rings. The lowest BCUT2D eigenvalue weighted by molar-refractivity contribution is -0.364. The number of nitrogens with zero attached hydrogens (tertiary/aromatic N) is 5. The maximum absolute atomic E-state index is 12.7. The summed E-state index contributed by atoms with van der Waals surface area (Å²) in [5, 5.41) is 8.86. The van der Waals surface area contributed by atoms with E-state index in [1.165, 1.54) is 11.8 Å². The van der Waals surface area contributed by atoms with Crippen LogP contribution in [0.1, 0.15) is 0 Å². The largest absolute Gasteiger partial charge is 0.497 e. The van der Waals surface area contributed by atoms with Gasteiger partial charge in [0.15, 0.2) is 5.16 Å². The summed E-state index contributed by atoms with van der Waals surface area (Å²) in [6, 6.07) is 13.7. The van der Waals surface area contributed by atoms with E-state index in [4.69, 9.17) is 4.74 Å². The number of H-pyrrole nitrogens is 1. The molecular weight excluding hydrogens is 388 g/mol. The summed E-state index contributed by atoms with van der Waals surface area (Å²) in [5.41, 5.74) is 0.900. The van der Waals surface area contributed by atoms with Gasteiger partial charge in [-0.15, -0.1) is 10.2 Å². The number of benzene rings is 1. The quantitative estimate of drug-likeness (QED) is 0.573. The molecule has 3 heterocycles. The molecule has 9 heteroatoms. The second-order valence-electron chi connectivity index (χ2n) is 6.59. The average Bonchev–Trinajstić information content (AvgIpc) is 3.27. The lowest BCUT2D eigenvalue weighted by Crippen LogP contribution is -2.50. The van der Waals surface area contributed by atoms with Crippen molar-refractivity contribution in [1.29, 1.82) is 0 Å². The highest BCUT2D eigenvalue weighted by Gasteiger charge is 2.26. The smallest absolute Gasteiger partial charge is 0.274 e. The molecule has 150 valence electrons.